The number of urea groups is 1. The molecule has 1 aliphatic rings. The van der Waals surface area contributed by atoms with Crippen LogP contribution in [0.25, 0.3) is 0 Å². The van der Waals surface area contributed by atoms with Gasteiger partial charge < -0.3 is 20.1 Å². The van der Waals surface area contributed by atoms with Gasteiger partial charge in [0.25, 0.3) is 0 Å². The number of aromatic carboxylic acids is 1. The zero-order valence-corrected chi connectivity index (χ0v) is 11.6. The summed E-state index contributed by atoms with van der Waals surface area (Å²) in [5.41, 5.74) is -0.198. The highest BCUT2D eigenvalue weighted by molar-refractivity contribution is 6.00. The molecule has 0 aromatic heterocycles. The summed E-state index contributed by atoms with van der Waals surface area (Å²) in [5.74, 6) is -1.83. The fourth-order valence-electron chi connectivity index (χ4n) is 2.25. The van der Waals surface area contributed by atoms with Crippen LogP contribution in [-0.2, 0) is 4.74 Å². The summed E-state index contributed by atoms with van der Waals surface area (Å²) < 4.78 is 18.5. The second-order valence-electron chi connectivity index (χ2n) is 4.88. The Morgan fingerprint density at radius 2 is 2.05 bits per heavy atom. The maximum atomic E-state index is 13.2. The normalized spacial score (nSPS) is 15.5. The molecule has 1 saturated heterocycles. The Morgan fingerprint density at radius 1 is 1.38 bits per heavy atom. The maximum Gasteiger partial charge on any atom is 0.337 e. The van der Waals surface area contributed by atoms with Crippen LogP contribution in [0.4, 0.5) is 14.9 Å². The number of carbonyl (C=O) groups is 2. The van der Waals surface area contributed by atoms with Gasteiger partial charge in [-0.25, -0.2) is 14.0 Å². The van der Waals surface area contributed by atoms with Crippen LogP contribution in [0.15, 0.2) is 18.2 Å². The molecule has 0 spiro atoms. The summed E-state index contributed by atoms with van der Waals surface area (Å²) >= 11 is 0. The highest BCUT2D eigenvalue weighted by Gasteiger charge is 2.23. The number of rotatable bonds is 3. The summed E-state index contributed by atoms with van der Waals surface area (Å²) in [7, 11) is 1.63. The Morgan fingerprint density at radius 3 is 2.67 bits per heavy atom. The van der Waals surface area contributed by atoms with E-state index in [9.17, 15) is 14.0 Å². The Hall–Kier alpha value is -2.15. The van der Waals surface area contributed by atoms with Gasteiger partial charge in [-0.1, -0.05) is 0 Å². The fourth-order valence-corrected chi connectivity index (χ4v) is 2.25. The van der Waals surface area contributed by atoms with Crippen LogP contribution in [-0.4, -0.2) is 48.3 Å². The highest BCUT2D eigenvalue weighted by Crippen LogP contribution is 2.19. The lowest BCUT2D eigenvalue weighted by Crippen LogP contribution is -2.43. The monoisotopic (exact) mass is 296 g/mol. The number of ether oxygens (including phenoxy) is 1. The first-order valence-electron chi connectivity index (χ1n) is 6.63. The molecule has 0 saturated carbocycles. The molecule has 2 N–H and O–H groups in total. The van der Waals surface area contributed by atoms with Crippen molar-refractivity contribution in [3.05, 3.63) is 29.6 Å². The van der Waals surface area contributed by atoms with E-state index in [2.05, 4.69) is 5.32 Å². The van der Waals surface area contributed by atoms with Crippen molar-refractivity contribution >= 4 is 17.7 Å². The average Bonchev–Trinajstić information content (AvgIpc) is 2.47. The van der Waals surface area contributed by atoms with Gasteiger partial charge in [-0.15, -0.1) is 0 Å². The average molecular weight is 296 g/mol. The molecular weight excluding hydrogens is 279 g/mol. The van der Waals surface area contributed by atoms with Crippen LogP contribution < -0.4 is 5.32 Å². The Labute approximate surface area is 121 Å². The third kappa shape index (κ3) is 3.69. The number of halogens is 1. The van der Waals surface area contributed by atoms with Crippen molar-refractivity contribution in [3.8, 4) is 0 Å². The molecule has 1 aromatic carbocycles. The van der Waals surface area contributed by atoms with Gasteiger partial charge in [0.15, 0.2) is 0 Å². The van der Waals surface area contributed by atoms with E-state index in [4.69, 9.17) is 9.84 Å². The van der Waals surface area contributed by atoms with Gasteiger partial charge in [0.2, 0.25) is 0 Å². The zero-order chi connectivity index (χ0) is 15.4. The number of nitrogens with zero attached hydrogens (tertiary/aromatic N) is 1. The van der Waals surface area contributed by atoms with Gasteiger partial charge in [-0.3, -0.25) is 0 Å². The van der Waals surface area contributed by atoms with Crippen molar-refractivity contribution in [2.75, 3.05) is 25.6 Å². The second kappa shape index (κ2) is 6.53. The molecule has 2 amide bonds. The van der Waals surface area contributed by atoms with E-state index in [1.54, 1.807) is 7.05 Å². The zero-order valence-electron chi connectivity index (χ0n) is 11.6. The lowest BCUT2D eigenvalue weighted by Gasteiger charge is -2.31. The molecule has 114 valence electrons. The lowest BCUT2D eigenvalue weighted by molar-refractivity contribution is 0.0544. The number of carboxylic acids is 1. The summed E-state index contributed by atoms with van der Waals surface area (Å²) in [6, 6.07) is 2.73. The molecular formula is C14H17FN2O4. The van der Waals surface area contributed by atoms with Crippen LogP contribution in [0.5, 0.6) is 0 Å². The van der Waals surface area contributed by atoms with E-state index < -0.39 is 17.8 Å². The number of carboxylic acid groups (broad SMARTS) is 1. The minimum atomic E-state index is -1.22. The van der Waals surface area contributed by atoms with Gasteiger partial charge in [0.1, 0.15) is 5.82 Å². The second-order valence-corrected chi connectivity index (χ2v) is 4.88. The van der Waals surface area contributed by atoms with Gasteiger partial charge in [0.05, 0.1) is 11.3 Å². The quantitative estimate of drug-likeness (QED) is 0.896. The molecule has 1 aliphatic heterocycles. The van der Waals surface area contributed by atoms with Crippen molar-refractivity contribution in [2.24, 2.45) is 0 Å². The van der Waals surface area contributed by atoms with Gasteiger partial charge in [0, 0.05) is 26.3 Å². The third-order valence-corrected chi connectivity index (χ3v) is 3.51. The molecule has 0 aliphatic carbocycles. The Balaban J connectivity index is 2.11. The topological polar surface area (TPSA) is 78.9 Å². The number of benzene rings is 1. The molecule has 21 heavy (non-hydrogen) atoms. The minimum absolute atomic E-state index is 0.0283. The lowest BCUT2D eigenvalue weighted by atomic mass is 10.1. The van der Waals surface area contributed by atoms with E-state index in [0.29, 0.717) is 13.2 Å². The molecule has 0 atom stereocenters. The molecule has 2 rings (SSSR count). The van der Waals surface area contributed by atoms with Gasteiger partial charge in [-0.2, -0.15) is 0 Å². The molecule has 1 heterocycles. The largest absolute Gasteiger partial charge is 0.478 e. The van der Waals surface area contributed by atoms with Crippen molar-refractivity contribution in [2.45, 2.75) is 18.9 Å². The first kappa shape index (κ1) is 15.2. The number of nitrogens with one attached hydrogen (secondary N) is 1. The van der Waals surface area contributed by atoms with Crippen molar-refractivity contribution in [1.29, 1.82) is 0 Å². The van der Waals surface area contributed by atoms with Crippen molar-refractivity contribution in [1.82, 2.24) is 4.90 Å². The smallest absolute Gasteiger partial charge is 0.337 e. The predicted octanol–water partition coefficient (Wildman–Crippen LogP) is 2.17. The van der Waals surface area contributed by atoms with Crippen LogP contribution in [0.1, 0.15) is 23.2 Å². The molecule has 1 aromatic rings. The summed E-state index contributed by atoms with van der Waals surface area (Å²) in [6.45, 7) is 1.17. The number of carbonyl (C=O) groups excluding carboxylic acids is 1. The Kier molecular flexibility index (Phi) is 4.74. The minimum Gasteiger partial charge on any atom is -0.478 e. The van der Waals surface area contributed by atoms with Gasteiger partial charge >= 0.3 is 12.0 Å². The third-order valence-electron chi connectivity index (χ3n) is 3.51. The first-order valence-corrected chi connectivity index (χ1v) is 6.63. The molecule has 0 unspecified atom stereocenters. The molecule has 0 bridgehead atoms. The van der Waals surface area contributed by atoms with Crippen molar-refractivity contribution < 1.29 is 23.8 Å². The van der Waals surface area contributed by atoms with E-state index in [1.807, 2.05) is 0 Å². The summed E-state index contributed by atoms with van der Waals surface area (Å²) in [4.78, 5) is 24.7. The van der Waals surface area contributed by atoms with Gasteiger partial charge in [-0.05, 0) is 31.0 Å². The van der Waals surface area contributed by atoms with Crippen molar-refractivity contribution in [3.63, 3.8) is 0 Å². The fraction of sp³-hybridized carbons (Fsp3) is 0.429. The number of hydrogen-bond acceptors (Lipinski definition) is 3. The number of hydrogen-bond donors (Lipinski definition) is 2. The SMILES string of the molecule is CN(C(=O)Nc1cc(F)ccc1C(=O)O)C1CCOCC1. The van der Waals surface area contributed by atoms with Crippen LogP contribution in [0.3, 0.4) is 0 Å². The van der Waals surface area contributed by atoms with E-state index >= 15 is 0 Å². The Bertz CT molecular complexity index is 544. The standard InChI is InChI=1S/C14H17FN2O4/c1-17(10-4-6-21-7-5-10)14(20)16-12-8-9(15)2-3-11(12)13(18)19/h2-3,8,10H,4-7H2,1H3,(H,16,20)(H,18,19). The van der Waals surface area contributed by atoms with Crippen LogP contribution in [0.2, 0.25) is 0 Å². The molecule has 7 heteroatoms. The summed E-state index contributed by atoms with van der Waals surface area (Å²) in [6.07, 6.45) is 1.44. The summed E-state index contributed by atoms with van der Waals surface area (Å²) in [5, 5.41) is 11.5. The first-order chi connectivity index (χ1) is 9.99. The predicted molar refractivity (Wildman–Crippen MR) is 74.0 cm³/mol. The van der Waals surface area contributed by atoms with Crippen LogP contribution in [0, 0.1) is 5.82 Å². The molecule has 1 fully saturated rings. The highest BCUT2D eigenvalue weighted by atomic mass is 19.1. The van der Waals surface area contributed by atoms with Crippen LogP contribution >= 0.6 is 0 Å². The number of amides is 2. The van der Waals surface area contributed by atoms with E-state index in [-0.39, 0.29) is 17.3 Å². The molecule has 0 radical (unpaired) electrons. The van der Waals surface area contributed by atoms with E-state index in [0.717, 1.165) is 31.0 Å². The maximum absolute atomic E-state index is 13.2. The van der Waals surface area contributed by atoms with E-state index in [1.165, 1.54) is 4.90 Å². The molecule has 6 nitrogen and oxygen atoms in total. The number of anilines is 1.